The first kappa shape index (κ1) is 12.8. The van der Waals surface area contributed by atoms with Gasteiger partial charge in [0.1, 0.15) is 5.75 Å². The van der Waals surface area contributed by atoms with Gasteiger partial charge >= 0.3 is 0 Å². The Morgan fingerprint density at radius 2 is 1.83 bits per heavy atom. The summed E-state index contributed by atoms with van der Waals surface area (Å²) < 4.78 is 6.37. The van der Waals surface area contributed by atoms with Crippen molar-refractivity contribution in [2.45, 2.75) is 13.3 Å². The number of hydrogen-bond acceptors (Lipinski definition) is 4. The second kappa shape index (κ2) is 6.35. The largest absolute Gasteiger partial charge is 0.494 e. The molecular formula is C13H14BrN3O. The second-order valence-electron chi connectivity index (χ2n) is 3.72. The Labute approximate surface area is 115 Å². The quantitative estimate of drug-likeness (QED) is 0.913. The van der Waals surface area contributed by atoms with Crippen LogP contribution < -0.4 is 10.1 Å². The summed E-state index contributed by atoms with van der Waals surface area (Å²) in [6, 6.07) is 7.74. The molecule has 2 rings (SSSR count). The third-order valence-corrected chi connectivity index (χ3v) is 2.61. The number of halogens is 1. The molecule has 5 heteroatoms. The minimum atomic E-state index is 0.570. The highest BCUT2D eigenvalue weighted by molar-refractivity contribution is 9.10. The van der Waals surface area contributed by atoms with Gasteiger partial charge in [0.2, 0.25) is 5.95 Å². The van der Waals surface area contributed by atoms with E-state index in [0.29, 0.717) is 5.95 Å². The molecule has 2 aromatic rings. The zero-order chi connectivity index (χ0) is 12.8. The molecule has 4 nitrogen and oxygen atoms in total. The maximum absolute atomic E-state index is 5.51. The molecule has 1 N–H and O–H groups in total. The highest BCUT2D eigenvalue weighted by atomic mass is 79.9. The number of nitrogens with one attached hydrogen (secondary N) is 1. The summed E-state index contributed by atoms with van der Waals surface area (Å²) in [6.07, 6.45) is 4.41. The van der Waals surface area contributed by atoms with E-state index in [-0.39, 0.29) is 0 Å². The average Bonchev–Trinajstić information content (AvgIpc) is 2.41. The summed E-state index contributed by atoms with van der Waals surface area (Å²) in [5, 5.41) is 3.12. The molecule has 0 aliphatic carbocycles. The number of aromatic nitrogens is 2. The van der Waals surface area contributed by atoms with Crippen molar-refractivity contribution in [1.29, 1.82) is 0 Å². The third kappa shape index (κ3) is 3.70. The normalized spacial score (nSPS) is 10.1. The van der Waals surface area contributed by atoms with E-state index < -0.39 is 0 Å². The first-order valence-electron chi connectivity index (χ1n) is 5.75. The van der Waals surface area contributed by atoms with Crippen LogP contribution in [0.2, 0.25) is 0 Å². The molecule has 0 unspecified atom stereocenters. The lowest BCUT2D eigenvalue weighted by molar-refractivity contribution is 0.317. The zero-order valence-electron chi connectivity index (χ0n) is 10.1. The topological polar surface area (TPSA) is 47.0 Å². The fourth-order valence-electron chi connectivity index (χ4n) is 1.36. The van der Waals surface area contributed by atoms with E-state index in [1.165, 1.54) is 0 Å². The summed E-state index contributed by atoms with van der Waals surface area (Å²) in [6.45, 7) is 2.82. The van der Waals surface area contributed by atoms with Gasteiger partial charge in [0.15, 0.2) is 0 Å². The lowest BCUT2D eigenvalue weighted by Gasteiger charge is -2.07. The highest BCUT2D eigenvalue weighted by Crippen LogP contribution is 2.18. The summed E-state index contributed by atoms with van der Waals surface area (Å²) >= 11 is 3.30. The third-order valence-electron chi connectivity index (χ3n) is 2.20. The van der Waals surface area contributed by atoms with Gasteiger partial charge < -0.3 is 10.1 Å². The van der Waals surface area contributed by atoms with E-state index in [0.717, 1.165) is 28.9 Å². The van der Waals surface area contributed by atoms with Gasteiger partial charge in [-0.05, 0) is 46.6 Å². The van der Waals surface area contributed by atoms with Gasteiger partial charge in [0.05, 0.1) is 11.1 Å². The minimum Gasteiger partial charge on any atom is -0.494 e. The van der Waals surface area contributed by atoms with Crippen molar-refractivity contribution in [2.75, 3.05) is 11.9 Å². The van der Waals surface area contributed by atoms with E-state index in [1.54, 1.807) is 12.4 Å². The number of hydrogen-bond donors (Lipinski definition) is 1. The molecule has 0 amide bonds. The van der Waals surface area contributed by atoms with Crippen molar-refractivity contribution in [3.63, 3.8) is 0 Å². The Kier molecular flexibility index (Phi) is 4.52. The molecule has 0 saturated heterocycles. The Balaban J connectivity index is 1.99. The number of anilines is 2. The highest BCUT2D eigenvalue weighted by Gasteiger charge is 1.98. The van der Waals surface area contributed by atoms with Crippen LogP contribution in [0.4, 0.5) is 11.6 Å². The van der Waals surface area contributed by atoms with Gasteiger partial charge in [0.25, 0.3) is 0 Å². The van der Waals surface area contributed by atoms with Crippen LogP contribution in [0.5, 0.6) is 5.75 Å². The van der Waals surface area contributed by atoms with Crippen molar-refractivity contribution >= 4 is 27.6 Å². The Hall–Kier alpha value is -1.62. The second-order valence-corrected chi connectivity index (χ2v) is 4.64. The van der Waals surface area contributed by atoms with E-state index in [9.17, 15) is 0 Å². The van der Waals surface area contributed by atoms with Gasteiger partial charge in [-0.15, -0.1) is 0 Å². The maximum atomic E-state index is 5.51. The minimum absolute atomic E-state index is 0.570. The first-order chi connectivity index (χ1) is 8.78. The predicted molar refractivity (Wildman–Crippen MR) is 75.2 cm³/mol. The van der Waals surface area contributed by atoms with E-state index >= 15 is 0 Å². The molecule has 0 fully saturated rings. The molecule has 0 aliphatic heterocycles. The van der Waals surface area contributed by atoms with Gasteiger partial charge in [-0.1, -0.05) is 6.92 Å². The Bertz CT molecular complexity index is 485. The summed E-state index contributed by atoms with van der Waals surface area (Å²) in [5.41, 5.74) is 0.932. The molecule has 0 aliphatic rings. The van der Waals surface area contributed by atoms with Crippen LogP contribution in [0.25, 0.3) is 0 Å². The van der Waals surface area contributed by atoms with Gasteiger partial charge in [-0.3, -0.25) is 0 Å². The summed E-state index contributed by atoms with van der Waals surface area (Å²) in [7, 11) is 0. The van der Waals surface area contributed by atoms with E-state index in [1.807, 2.05) is 24.3 Å². The Morgan fingerprint density at radius 3 is 2.44 bits per heavy atom. The molecule has 0 spiro atoms. The van der Waals surface area contributed by atoms with Crippen molar-refractivity contribution in [3.05, 3.63) is 41.1 Å². The number of rotatable bonds is 5. The van der Waals surface area contributed by atoms with Gasteiger partial charge in [-0.2, -0.15) is 0 Å². The predicted octanol–water partition coefficient (Wildman–Crippen LogP) is 3.77. The Morgan fingerprint density at radius 1 is 1.17 bits per heavy atom. The lowest BCUT2D eigenvalue weighted by Crippen LogP contribution is -1.97. The maximum Gasteiger partial charge on any atom is 0.227 e. The SMILES string of the molecule is CCCOc1ccc(Nc2ncc(Br)cn2)cc1. The standard InChI is InChI=1S/C13H14BrN3O/c1-2-7-18-12-5-3-11(4-6-12)17-13-15-8-10(14)9-16-13/h3-6,8-9H,2,7H2,1H3,(H,15,16,17). The molecule has 0 saturated carbocycles. The molecule has 1 aromatic carbocycles. The van der Waals surface area contributed by atoms with Crippen LogP contribution in [-0.2, 0) is 0 Å². The first-order valence-corrected chi connectivity index (χ1v) is 6.54. The van der Waals surface area contributed by atoms with Crippen LogP contribution in [0.3, 0.4) is 0 Å². The van der Waals surface area contributed by atoms with Gasteiger partial charge in [0, 0.05) is 18.1 Å². The van der Waals surface area contributed by atoms with Gasteiger partial charge in [-0.25, -0.2) is 9.97 Å². The lowest BCUT2D eigenvalue weighted by atomic mass is 10.3. The van der Waals surface area contributed by atoms with Crippen LogP contribution in [0.15, 0.2) is 41.1 Å². The molecule has 94 valence electrons. The van der Waals surface area contributed by atoms with Crippen molar-refractivity contribution in [3.8, 4) is 5.75 Å². The number of nitrogens with zero attached hydrogens (tertiary/aromatic N) is 2. The van der Waals surface area contributed by atoms with Crippen molar-refractivity contribution < 1.29 is 4.74 Å². The summed E-state index contributed by atoms with van der Waals surface area (Å²) in [5.74, 6) is 1.44. The molecule has 1 aromatic heterocycles. The monoisotopic (exact) mass is 307 g/mol. The fourth-order valence-corrected chi connectivity index (χ4v) is 1.57. The van der Waals surface area contributed by atoms with E-state index in [4.69, 9.17) is 4.74 Å². The van der Waals surface area contributed by atoms with Crippen molar-refractivity contribution in [2.24, 2.45) is 0 Å². The molecule has 0 radical (unpaired) electrons. The van der Waals surface area contributed by atoms with Crippen LogP contribution >= 0.6 is 15.9 Å². The fraction of sp³-hybridized carbons (Fsp3) is 0.231. The van der Waals surface area contributed by atoms with Crippen LogP contribution in [-0.4, -0.2) is 16.6 Å². The van der Waals surface area contributed by atoms with Crippen LogP contribution in [0.1, 0.15) is 13.3 Å². The average molecular weight is 308 g/mol. The zero-order valence-corrected chi connectivity index (χ0v) is 11.6. The molecule has 0 bridgehead atoms. The number of ether oxygens (including phenoxy) is 1. The number of benzene rings is 1. The molecule has 18 heavy (non-hydrogen) atoms. The van der Waals surface area contributed by atoms with Crippen LogP contribution in [0, 0.1) is 0 Å². The molecule has 1 heterocycles. The molecule has 0 atom stereocenters. The smallest absolute Gasteiger partial charge is 0.227 e. The summed E-state index contributed by atoms with van der Waals surface area (Å²) in [4.78, 5) is 8.29. The van der Waals surface area contributed by atoms with E-state index in [2.05, 4.69) is 38.1 Å². The molecular weight excluding hydrogens is 294 g/mol. The van der Waals surface area contributed by atoms with Crippen molar-refractivity contribution in [1.82, 2.24) is 9.97 Å².